The van der Waals surface area contributed by atoms with E-state index in [1.807, 2.05) is 48.5 Å². The van der Waals surface area contributed by atoms with E-state index < -0.39 is 5.41 Å². The van der Waals surface area contributed by atoms with Gasteiger partial charge >= 0.3 is 0 Å². The average molecular weight is 341 g/mol. The molecular weight excluding hydrogens is 314 g/mol. The van der Waals surface area contributed by atoms with E-state index in [0.717, 1.165) is 57.6 Å². The summed E-state index contributed by atoms with van der Waals surface area (Å²) in [4.78, 5) is 23.1. The van der Waals surface area contributed by atoms with Gasteiger partial charge in [0.25, 0.3) is 0 Å². The fraction of sp³-hybridized carbons (Fsp3) is 0.526. The number of aromatic nitrogens is 3. The highest BCUT2D eigenvalue weighted by molar-refractivity contribution is 5.81. The fourth-order valence-corrected chi connectivity index (χ4v) is 3.82. The Balaban J connectivity index is 1.62. The molecule has 1 atom stereocenters. The summed E-state index contributed by atoms with van der Waals surface area (Å²) in [6.07, 6.45) is 12.0. The van der Waals surface area contributed by atoms with Crippen molar-refractivity contribution in [3.8, 4) is 0 Å². The van der Waals surface area contributed by atoms with Crippen LogP contribution in [0.25, 0.3) is 0 Å². The molecule has 1 aliphatic rings. The molecule has 0 saturated carbocycles. The van der Waals surface area contributed by atoms with Crippen LogP contribution in [0.5, 0.6) is 0 Å². The number of carbonyl (C=O) groups excluding carboxylic acids is 1. The van der Waals surface area contributed by atoms with Crippen LogP contribution >= 0.6 is 0 Å². The fourth-order valence-electron chi connectivity index (χ4n) is 3.82. The molecule has 1 aliphatic heterocycles. The number of likely N-dealkylation sites (tertiary alicyclic amines) is 1. The molecule has 6 nitrogen and oxygen atoms in total. The summed E-state index contributed by atoms with van der Waals surface area (Å²) in [5, 5.41) is 0. The van der Waals surface area contributed by atoms with Crippen molar-refractivity contribution in [1.82, 2.24) is 19.4 Å². The summed E-state index contributed by atoms with van der Waals surface area (Å²) in [5.74, 6) is 0.865. The highest BCUT2D eigenvalue weighted by Gasteiger charge is 2.40. The van der Waals surface area contributed by atoms with E-state index >= 15 is 0 Å². The summed E-state index contributed by atoms with van der Waals surface area (Å²) in [6.45, 7) is 2.49. The molecule has 1 fully saturated rings. The first-order chi connectivity index (χ1) is 12.1. The molecule has 0 radical (unpaired) electrons. The molecule has 3 heterocycles. The van der Waals surface area contributed by atoms with Crippen molar-refractivity contribution in [1.29, 1.82) is 0 Å². The predicted molar refractivity (Wildman–Crippen MR) is 96.5 cm³/mol. The molecule has 2 N–H and O–H groups in total. The van der Waals surface area contributed by atoms with Gasteiger partial charge in [-0.3, -0.25) is 14.7 Å². The Morgan fingerprint density at radius 2 is 2.12 bits per heavy atom. The number of pyridine rings is 1. The van der Waals surface area contributed by atoms with Gasteiger partial charge in [-0.05, 0) is 56.3 Å². The van der Waals surface area contributed by atoms with Crippen LogP contribution in [0.4, 0.5) is 0 Å². The number of amides is 1. The molecule has 3 rings (SSSR count). The van der Waals surface area contributed by atoms with Crippen LogP contribution in [0.3, 0.4) is 0 Å². The zero-order valence-electron chi connectivity index (χ0n) is 14.9. The molecule has 0 aromatic carbocycles. The maximum atomic E-state index is 12.3. The second kappa shape index (κ2) is 7.78. The molecule has 2 aromatic rings. The number of nitrogens with zero attached hydrogens (tertiary/aromatic N) is 4. The first kappa shape index (κ1) is 17.6. The topological polar surface area (TPSA) is 77.0 Å². The Morgan fingerprint density at radius 1 is 1.32 bits per heavy atom. The number of carbonyl (C=O) groups is 1. The number of rotatable bonds is 7. The number of aryl methyl sites for hydroxylation is 2. The lowest BCUT2D eigenvalue weighted by molar-refractivity contribution is -0.131. The largest absolute Gasteiger partial charge is 0.369 e. The van der Waals surface area contributed by atoms with Gasteiger partial charge in [-0.15, -0.1) is 0 Å². The monoisotopic (exact) mass is 341 g/mol. The van der Waals surface area contributed by atoms with Crippen LogP contribution in [-0.4, -0.2) is 38.4 Å². The third-order valence-corrected chi connectivity index (χ3v) is 5.33. The maximum Gasteiger partial charge on any atom is 0.224 e. The van der Waals surface area contributed by atoms with Crippen molar-refractivity contribution >= 4 is 5.91 Å². The first-order valence-electron chi connectivity index (χ1n) is 8.96. The molecule has 0 unspecified atom stereocenters. The lowest BCUT2D eigenvalue weighted by Crippen LogP contribution is -2.50. The molecule has 1 saturated heterocycles. The first-order valence-corrected chi connectivity index (χ1v) is 8.96. The molecule has 0 bridgehead atoms. The smallest absolute Gasteiger partial charge is 0.224 e. The van der Waals surface area contributed by atoms with E-state index in [9.17, 15) is 4.79 Å². The zero-order valence-corrected chi connectivity index (χ0v) is 14.9. The number of piperidine rings is 1. The Bertz CT molecular complexity index is 699. The van der Waals surface area contributed by atoms with E-state index in [1.165, 1.54) is 5.56 Å². The Hall–Kier alpha value is -2.21. The maximum absolute atomic E-state index is 12.3. The van der Waals surface area contributed by atoms with Crippen molar-refractivity contribution in [2.24, 2.45) is 18.2 Å². The van der Waals surface area contributed by atoms with E-state index in [-0.39, 0.29) is 5.91 Å². The van der Waals surface area contributed by atoms with Gasteiger partial charge in [0, 0.05) is 38.4 Å². The predicted octanol–water partition coefficient (Wildman–Crippen LogP) is 1.91. The van der Waals surface area contributed by atoms with E-state index in [2.05, 4.69) is 14.9 Å². The SMILES string of the molecule is Cn1ccnc1CN1CCC[C@](CCCc2ccncc2)(C(N)=O)C1. The van der Waals surface area contributed by atoms with Crippen molar-refractivity contribution in [3.05, 3.63) is 48.3 Å². The number of nitrogens with two attached hydrogens (primary N) is 1. The molecule has 0 spiro atoms. The highest BCUT2D eigenvalue weighted by atomic mass is 16.1. The minimum Gasteiger partial charge on any atom is -0.369 e. The Labute approximate surface area is 149 Å². The van der Waals surface area contributed by atoms with Crippen LogP contribution in [-0.2, 0) is 24.8 Å². The average Bonchev–Trinajstić information content (AvgIpc) is 3.01. The summed E-state index contributed by atoms with van der Waals surface area (Å²) < 4.78 is 2.03. The Kier molecular flexibility index (Phi) is 5.48. The summed E-state index contributed by atoms with van der Waals surface area (Å²) >= 11 is 0. The standard InChI is InChI=1S/C19H27N5O/c1-23-13-11-22-17(23)14-24-12-3-8-19(15-24,18(20)25)7-2-4-16-5-9-21-10-6-16/h5-6,9-11,13H,2-4,7-8,12,14-15H2,1H3,(H2,20,25)/t19-/m0/s1. The van der Waals surface area contributed by atoms with Gasteiger partial charge in [-0.25, -0.2) is 4.98 Å². The minimum absolute atomic E-state index is 0.160. The molecular formula is C19H27N5O. The molecule has 134 valence electrons. The van der Waals surface area contributed by atoms with Crippen LogP contribution in [0.2, 0.25) is 0 Å². The van der Waals surface area contributed by atoms with Crippen LogP contribution < -0.4 is 5.73 Å². The van der Waals surface area contributed by atoms with Gasteiger partial charge in [0.2, 0.25) is 5.91 Å². The third-order valence-electron chi connectivity index (χ3n) is 5.33. The zero-order chi connectivity index (χ0) is 17.7. The van der Waals surface area contributed by atoms with Crippen LogP contribution in [0, 0.1) is 5.41 Å². The minimum atomic E-state index is -0.420. The van der Waals surface area contributed by atoms with Crippen LogP contribution in [0.15, 0.2) is 36.9 Å². The number of imidazole rings is 1. The lowest BCUT2D eigenvalue weighted by atomic mass is 9.75. The van der Waals surface area contributed by atoms with Crippen molar-refractivity contribution < 1.29 is 4.79 Å². The lowest BCUT2D eigenvalue weighted by Gasteiger charge is -2.40. The second-order valence-electron chi connectivity index (χ2n) is 7.12. The molecule has 0 aliphatic carbocycles. The van der Waals surface area contributed by atoms with Gasteiger partial charge in [0.05, 0.1) is 12.0 Å². The molecule has 25 heavy (non-hydrogen) atoms. The van der Waals surface area contributed by atoms with Gasteiger partial charge in [-0.2, -0.15) is 0 Å². The van der Waals surface area contributed by atoms with Crippen LogP contribution in [0.1, 0.15) is 37.1 Å². The van der Waals surface area contributed by atoms with Crippen molar-refractivity contribution in [3.63, 3.8) is 0 Å². The van der Waals surface area contributed by atoms with Gasteiger partial charge in [0.1, 0.15) is 5.82 Å². The summed E-state index contributed by atoms with van der Waals surface area (Å²) in [5.41, 5.74) is 6.69. The van der Waals surface area contributed by atoms with E-state index in [1.54, 1.807) is 0 Å². The second-order valence-corrected chi connectivity index (χ2v) is 7.12. The van der Waals surface area contributed by atoms with E-state index in [0.29, 0.717) is 0 Å². The summed E-state index contributed by atoms with van der Waals surface area (Å²) in [7, 11) is 2.00. The van der Waals surface area contributed by atoms with Crippen molar-refractivity contribution in [2.45, 2.75) is 38.6 Å². The van der Waals surface area contributed by atoms with Crippen molar-refractivity contribution in [2.75, 3.05) is 13.1 Å². The van der Waals surface area contributed by atoms with Gasteiger partial charge < -0.3 is 10.3 Å². The normalized spacial score (nSPS) is 21.3. The third kappa shape index (κ3) is 4.25. The summed E-state index contributed by atoms with van der Waals surface area (Å²) in [6, 6.07) is 4.07. The number of primary amides is 1. The number of hydrogen-bond donors (Lipinski definition) is 1. The molecule has 6 heteroatoms. The highest BCUT2D eigenvalue weighted by Crippen LogP contribution is 2.35. The Morgan fingerprint density at radius 3 is 2.80 bits per heavy atom. The number of hydrogen-bond acceptors (Lipinski definition) is 4. The molecule has 2 aromatic heterocycles. The van der Waals surface area contributed by atoms with Gasteiger partial charge in [0.15, 0.2) is 0 Å². The quantitative estimate of drug-likeness (QED) is 0.834. The van der Waals surface area contributed by atoms with E-state index in [4.69, 9.17) is 5.73 Å². The molecule has 1 amide bonds. The van der Waals surface area contributed by atoms with Gasteiger partial charge in [-0.1, -0.05) is 0 Å².